The van der Waals surface area contributed by atoms with Gasteiger partial charge >= 0.3 is 0 Å². The van der Waals surface area contributed by atoms with Crippen molar-refractivity contribution in [1.29, 1.82) is 0 Å². The van der Waals surface area contributed by atoms with E-state index < -0.39 is 0 Å². The largest absolute Gasteiger partial charge is 0.359 e. The third-order valence-corrected chi connectivity index (χ3v) is 4.76. The number of hydrogen-bond acceptors (Lipinski definition) is 4. The molecule has 0 atom stereocenters. The van der Waals surface area contributed by atoms with Gasteiger partial charge in [-0.3, -0.25) is 14.5 Å². The van der Waals surface area contributed by atoms with Crippen LogP contribution in [0, 0.1) is 5.92 Å². The number of likely N-dealkylation sites (tertiary alicyclic amines) is 1. The highest BCUT2D eigenvalue weighted by Gasteiger charge is 2.27. The molecule has 0 aliphatic carbocycles. The molecule has 2 heterocycles. The molecular formula is C18H24N4O2. The number of carbonyl (C=O) groups is 2. The Morgan fingerprint density at radius 3 is 2.54 bits per heavy atom. The first kappa shape index (κ1) is 16.6. The predicted molar refractivity (Wildman–Crippen MR) is 92.5 cm³/mol. The molecule has 1 fully saturated rings. The molecule has 2 aliphatic heterocycles. The van der Waals surface area contributed by atoms with Gasteiger partial charge in [0, 0.05) is 19.4 Å². The number of carbonyl (C=O) groups excluding carboxylic acids is 2. The van der Waals surface area contributed by atoms with E-state index in [1.54, 1.807) is 12.1 Å². The van der Waals surface area contributed by atoms with Crippen LogP contribution >= 0.6 is 0 Å². The van der Waals surface area contributed by atoms with Gasteiger partial charge in [-0.05, 0) is 31.5 Å². The fraction of sp³-hybridized carbons (Fsp3) is 0.500. The zero-order chi connectivity index (χ0) is 16.9. The number of amides is 2. The van der Waals surface area contributed by atoms with Crippen molar-refractivity contribution in [1.82, 2.24) is 15.2 Å². The maximum Gasteiger partial charge on any atom is 0.256 e. The Hall–Kier alpha value is -2.21. The molecule has 1 N–H and O–H groups in total. The van der Waals surface area contributed by atoms with E-state index in [-0.39, 0.29) is 17.7 Å². The predicted octanol–water partition coefficient (Wildman–Crippen LogP) is 1.08. The highest BCUT2D eigenvalue weighted by atomic mass is 16.2. The highest BCUT2D eigenvalue weighted by Crippen LogP contribution is 2.18. The van der Waals surface area contributed by atoms with Gasteiger partial charge in [-0.1, -0.05) is 30.3 Å². The molecule has 6 nitrogen and oxygen atoms in total. The number of benzene rings is 1. The fourth-order valence-corrected chi connectivity index (χ4v) is 3.30. The number of nitrogens with zero attached hydrogens (tertiary/aromatic N) is 3. The van der Waals surface area contributed by atoms with Gasteiger partial charge in [0.25, 0.3) is 5.91 Å². The standard InChI is InChI=1S/C18H24N4O2/c1-19-18(24)15-7-10-21(11-8-15)13-17(23)22-12-9-16(20-22)14-5-3-2-4-6-14/h2-6,15H,7-13H2,1H3,(H,19,24). The third-order valence-electron chi connectivity index (χ3n) is 4.76. The number of hydrogen-bond donors (Lipinski definition) is 1. The van der Waals surface area contributed by atoms with Gasteiger partial charge in [-0.25, -0.2) is 5.01 Å². The Labute approximate surface area is 142 Å². The maximum atomic E-state index is 12.5. The topological polar surface area (TPSA) is 65.0 Å². The average Bonchev–Trinajstić information content (AvgIpc) is 3.13. The zero-order valence-corrected chi connectivity index (χ0v) is 14.1. The van der Waals surface area contributed by atoms with Crippen LogP contribution in [0.3, 0.4) is 0 Å². The van der Waals surface area contributed by atoms with Gasteiger partial charge < -0.3 is 5.32 Å². The van der Waals surface area contributed by atoms with Crippen molar-refractivity contribution in [2.75, 3.05) is 33.2 Å². The lowest BCUT2D eigenvalue weighted by Crippen LogP contribution is -2.44. The molecule has 0 unspecified atom stereocenters. The highest BCUT2D eigenvalue weighted by molar-refractivity contribution is 6.02. The second-order valence-corrected chi connectivity index (χ2v) is 6.34. The Bertz CT molecular complexity index is 621. The average molecular weight is 328 g/mol. The normalized spacial score (nSPS) is 19.2. The van der Waals surface area contributed by atoms with E-state index in [1.807, 2.05) is 30.3 Å². The first-order valence-electron chi connectivity index (χ1n) is 8.54. The van der Waals surface area contributed by atoms with Crippen LogP contribution in [0.2, 0.25) is 0 Å². The zero-order valence-electron chi connectivity index (χ0n) is 14.1. The lowest BCUT2D eigenvalue weighted by molar-refractivity contribution is -0.132. The number of hydrazone groups is 1. The van der Waals surface area contributed by atoms with Crippen LogP contribution < -0.4 is 5.32 Å². The second kappa shape index (κ2) is 7.57. The first-order valence-corrected chi connectivity index (χ1v) is 8.54. The Morgan fingerprint density at radius 1 is 1.17 bits per heavy atom. The van der Waals surface area contributed by atoms with E-state index in [9.17, 15) is 9.59 Å². The van der Waals surface area contributed by atoms with Crippen molar-refractivity contribution in [2.24, 2.45) is 11.0 Å². The smallest absolute Gasteiger partial charge is 0.256 e. The summed E-state index contributed by atoms with van der Waals surface area (Å²) in [7, 11) is 1.67. The molecule has 0 spiro atoms. The van der Waals surface area contributed by atoms with E-state index in [1.165, 1.54) is 0 Å². The summed E-state index contributed by atoms with van der Waals surface area (Å²) in [5.74, 6) is 0.229. The van der Waals surface area contributed by atoms with Crippen LogP contribution in [-0.4, -0.2) is 60.7 Å². The van der Waals surface area contributed by atoms with E-state index >= 15 is 0 Å². The van der Waals surface area contributed by atoms with Crippen molar-refractivity contribution in [3.05, 3.63) is 35.9 Å². The fourth-order valence-electron chi connectivity index (χ4n) is 3.30. The van der Waals surface area contributed by atoms with E-state index in [0.717, 1.165) is 43.6 Å². The lowest BCUT2D eigenvalue weighted by Gasteiger charge is -2.31. The molecular weight excluding hydrogens is 304 g/mol. The van der Waals surface area contributed by atoms with Gasteiger partial charge in [0.15, 0.2) is 0 Å². The summed E-state index contributed by atoms with van der Waals surface area (Å²) in [5.41, 5.74) is 2.06. The van der Waals surface area contributed by atoms with Crippen LogP contribution in [0.15, 0.2) is 35.4 Å². The number of piperidine rings is 1. The molecule has 2 aliphatic rings. The van der Waals surface area contributed by atoms with E-state index in [4.69, 9.17) is 0 Å². The summed E-state index contributed by atoms with van der Waals surface area (Å²) in [4.78, 5) is 26.2. The SMILES string of the molecule is CNC(=O)C1CCN(CC(=O)N2CCC(c3ccccc3)=N2)CC1. The van der Waals surface area contributed by atoms with Gasteiger partial charge in [-0.2, -0.15) is 5.10 Å². The molecule has 3 rings (SSSR count). The molecule has 0 bridgehead atoms. The summed E-state index contributed by atoms with van der Waals surface area (Å²) >= 11 is 0. The summed E-state index contributed by atoms with van der Waals surface area (Å²) in [5, 5.41) is 8.79. The number of nitrogens with one attached hydrogen (secondary N) is 1. The van der Waals surface area contributed by atoms with Gasteiger partial charge in [-0.15, -0.1) is 0 Å². The first-order chi connectivity index (χ1) is 11.7. The quantitative estimate of drug-likeness (QED) is 0.899. The van der Waals surface area contributed by atoms with Crippen molar-refractivity contribution in [3.63, 3.8) is 0 Å². The molecule has 2 amide bonds. The molecule has 128 valence electrons. The minimum Gasteiger partial charge on any atom is -0.359 e. The Kier molecular flexibility index (Phi) is 5.25. The van der Waals surface area contributed by atoms with Crippen molar-refractivity contribution in [2.45, 2.75) is 19.3 Å². The molecule has 24 heavy (non-hydrogen) atoms. The summed E-state index contributed by atoms with van der Waals surface area (Å²) in [6.07, 6.45) is 2.42. The molecule has 0 saturated carbocycles. The van der Waals surface area contributed by atoms with Gasteiger partial charge in [0.05, 0.1) is 18.8 Å². The van der Waals surface area contributed by atoms with E-state index in [2.05, 4.69) is 15.3 Å². The van der Waals surface area contributed by atoms with E-state index in [0.29, 0.717) is 13.1 Å². The minimum absolute atomic E-state index is 0.0410. The molecule has 1 aromatic rings. The maximum absolute atomic E-state index is 12.5. The Balaban J connectivity index is 1.52. The van der Waals surface area contributed by atoms with Crippen molar-refractivity contribution >= 4 is 17.5 Å². The summed E-state index contributed by atoms with van der Waals surface area (Å²) in [6, 6.07) is 9.99. The molecule has 1 saturated heterocycles. The molecule has 1 aromatic carbocycles. The Morgan fingerprint density at radius 2 is 1.88 bits per heavy atom. The van der Waals surface area contributed by atoms with Crippen LogP contribution in [0.5, 0.6) is 0 Å². The van der Waals surface area contributed by atoms with Gasteiger partial charge in [0.2, 0.25) is 5.91 Å². The summed E-state index contributed by atoms with van der Waals surface area (Å²) < 4.78 is 0. The molecule has 6 heteroatoms. The monoisotopic (exact) mass is 328 g/mol. The van der Waals surface area contributed by atoms with Crippen LogP contribution in [0.1, 0.15) is 24.8 Å². The number of rotatable bonds is 4. The molecule has 0 radical (unpaired) electrons. The van der Waals surface area contributed by atoms with Crippen LogP contribution in [0.25, 0.3) is 0 Å². The van der Waals surface area contributed by atoms with Crippen LogP contribution in [0.4, 0.5) is 0 Å². The minimum atomic E-state index is 0.0410. The van der Waals surface area contributed by atoms with Crippen molar-refractivity contribution in [3.8, 4) is 0 Å². The molecule has 0 aromatic heterocycles. The van der Waals surface area contributed by atoms with Gasteiger partial charge in [0.1, 0.15) is 0 Å². The van der Waals surface area contributed by atoms with Crippen LogP contribution in [-0.2, 0) is 9.59 Å². The third kappa shape index (κ3) is 3.82. The second-order valence-electron chi connectivity index (χ2n) is 6.34. The lowest BCUT2D eigenvalue weighted by atomic mass is 9.96. The summed E-state index contributed by atoms with van der Waals surface area (Å²) in [6.45, 7) is 2.60. The van der Waals surface area contributed by atoms with Crippen molar-refractivity contribution < 1.29 is 9.59 Å².